The lowest BCUT2D eigenvalue weighted by atomic mass is 9.97. The van der Waals surface area contributed by atoms with Gasteiger partial charge in [-0.15, -0.1) is 5.10 Å². The van der Waals surface area contributed by atoms with Crippen molar-refractivity contribution >= 4 is 40.2 Å². The van der Waals surface area contributed by atoms with E-state index in [1.165, 1.54) is 10.7 Å². The van der Waals surface area contributed by atoms with Crippen LogP contribution in [0.4, 0.5) is 10.2 Å². The number of hydrogen-bond donors (Lipinski definition) is 0. The number of nitrogens with zero attached hydrogens (tertiary/aromatic N) is 3. The summed E-state index contributed by atoms with van der Waals surface area (Å²) in [7, 11) is 0. The minimum absolute atomic E-state index is 0.176. The molecule has 6 nitrogen and oxygen atoms in total. The molecule has 33 heavy (non-hydrogen) atoms. The van der Waals surface area contributed by atoms with E-state index in [9.17, 15) is 14.0 Å². The second-order valence-corrected chi connectivity index (χ2v) is 9.07. The molecule has 0 unspecified atom stereocenters. The van der Waals surface area contributed by atoms with Crippen molar-refractivity contribution in [3.05, 3.63) is 58.4 Å². The number of carbonyl (C=O) groups is 2. The van der Waals surface area contributed by atoms with Gasteiger partial charge in [0.2, 0.25) is 0 Å². The van der Waals surface area contributed by atoms with Gasteiger partial charge in [0.15, 0.2) is 5.82 Å². The molecule has 1 saturated heterocycles. The third kappa shape index (κ3) is 3.99. The summed E-state index contributed by atoms with van der Waals surface area (Å²) in [6.45, 7) is 3.20. The van der Waals surface area contributed by atoms with Crippen molar-refractivity contribution < 1.29 is 18.7 Å². The van der Waals surface area contributed by atoms with E-state index in [0.29, 0.717) is 65.8 Å². The number of esters is 1. The van der Waals surface area contributed by atoms with E-state index in [-0.39, 0.29) is 17.8 Å². The predicted octanol–water partition coefficient (Wildman–Crippen LogP) is 5.17. The number of anilines is 1. The molecule has 1 saturated carbocycles. The SMILES string of the molecule is CCOC(=O)C1CCN(c2nn(C(=O)c3c(Cl)cccc3C3CC3)c3cccc(F)c23)CC1. The number of benzene rings is 2. The number of fused-ring (bicyclic) bond motifs is 1. The number of carbonyl (C=O) groups excluding carboxylic acids is 2. The Bertz CT molecular complexity index is 1230. The van der Waals surface area contributed by atoms with Gasteiger partial charge in [0.05, 0.1) is 34.0 Å². The van der Waals surface area contributed by atoms with E-state index < -0.39 is 5.82 Å². The van der Waals surface area contributed by atoms with E-state index >= 15 is 0 Å². The average molecular weight is 470 g/mol. The molecule has 2 fully saturated rings. The lowest BCUT2D eigenvalue weighted by molar-refractivity contribution is -0.148. The first-order valence-electron chi connectivity index (χ1n) is 11.4. The Balaban J connectivity index is 1.52. The maximum Gasteiger partial charge on any atom is 0.309 e. The summed E-state index contributed by atoms with van der Waals surface area (Å²) >= 11 is 6.47. The van der Waals surface area contributed by atoms with E-state index in [1.807, 2.05) is 17.0 Å². The van der Waals surface area contributed by atoms with E-state index in [1.54, 1.807) is 25.1 Å². The van der Waals surface area contributed by atoms with Crippen molar-refractivity contribution in [3.8, 4) is 0 Å². The van der Waals surface area contributed by atoms with Gasteiger partial charge in [-0.2, -0.15) is 4.68 Å². The van der Waals surface area contributed by atoms with Crippen molar-refractivity contribution in [2.24, 2.45) is 5.92 Å². The Hall–Kier alpha value is -2.93. The van der Waals surface area contributed by atoms with Crippen molar-refractivity contribution in [2.75, 3.05) is 24.6 Å². The molecule has 2 aromatic carbocycles. The molecule has 0 atom stereocenters. The Labute approximate surface area is 196 Å². The third-order valence-electron chi connectivity index (χ3n) is 6.52. The highest BCUT2D eigenvalue weighted by atomic mass is 35.5. The molecule has 0 spiro atoms. The fraction of sp³-hybridized carbons (Fsp3) is 0.400. The van der Waals surface area contributed by atoms with Gasteiger partial charge in [-0.25, -0.2) is 4.39 Å². The molecule has 8 heteroatoms. The second kappa shape index (κ2) is 8.78. The Morgan fingerprint density at radius 2 is 1.85 bits per heavy atom. The van der Waals surface area contributed by atoms with Crippen molar-refractivity contribution in [3.63, 3.8) is 0 Å². The van der Waals surface area contributed by atoms with Crippen LogP contribution in [0.2, 0.25) is 5.02 Å². The van der Waals surface area contributed by atoms with Gasteiger partial charge in [0.1, 0.15) is 5.82 Å². The predicted molar refractivity (Wildman–Crippen MR) is 124 cm³/mol. The fourth-order valence-electron chi connectivity index (χ4n) is 4.68. The molecule has 3 aromatic rings. The van der Waals surface area contributed by atoms with Gasteiger partial charge in [-0.3, -0.25) is 9.59 Å². The van der Waals surface area contributed by atoms with Crippen LogP contribution < -0.4 is 4.90 Å². The largest absolute Gasteiger partial charge is 0.466 e. The number of ether oxygens (including phenoxy) is 1. The number of hydrogen-bond acceptors (Lipinski definition) is 5. The van der Waals surface area contributed by atoms with Gasteiger partial charge in [0.25, 0.3) is 5.91 Å². The van der Waals surface area contributed by atoms with Crippen molar-refractivity contribution in [1.82, 2.24) is 9.78 Å². The van der Waals surface area contributed by atoms with Crippen LogP contribution in [0.1, 0.15) is 54.4 Å². The first kappa shape index (κ1) is 21.9. The zero-order valence-electron chi connectivity index (χ0n) is 18.4. The van der Waals surface area contributed by atoms with Crippen molar-refractivity contribution in [2.45, 2.75) is 38.5 Å². The van der Waals surface area contributed by atoms with Gasteiger partial charge in [-0.1, -0.05) is 29.8 Å². The second-order valence-electron chi connectivity index (χ2n) is 8.67. The zero-order chi connectivity index (χ0) is 23.1. The Kier molecular flexibility index (Phi) is 5.83. The summed E-state index contributed by atoms with van der Waals surface area (Å²) in [6, 6.07) is 10.1. The molecule has 5 rings (SSSR count). The first-order valence-corrected chi connectivity index (χ1v) is 11.8. The third-order valence-corrected chi connectivity index (χ3v) is 6.84. The van der Waals surface area contributed by atoms with Crippen LogP contribution in [0.3, 0.4) is 0 Å². The van der Waals surface area contributed by atoms with Crippen LogP contribution in [-0.2, 0) is 9.53 Å². The average Bonchev–Trinajstić information content (AvgIpc) is 3.59. The zero-order valence-corrected chi connectivity index (χ0v) is 19.1. The summed E-state index contributed by atoms with van der Waals surface area (Å²) in [5.41, 5.74) is 1.76. The summed E-state index contributed by atoms with van der Waals surface area (Å²) in [6.07, 6.45) is 3.23. The van der Waals surface area contributed by atoms with Crippen LogP contribution in [0.5, 0.6) is 0 Å². The summed E-state index contributed by atoms with van der Waals surface area (Å²) in [5.74, 6) is -0.423. The quantitative estimate of drug-likeness (QED) is 0.482. The Morgan fingerprint density at radius 1 is 1.12 bits per heavy atom. The Morgan fingerprint density at radius 3 is 2.55 bits per heavy atom. The molecule has 1 aromatic heterocycles. The standard InChI is InChI=1S/C25H25ClFN3O3/c1-2-33-25(32)16-11-13-29(14-12-16)23-22-19(27)7-4-8-20(22)30(28-23)24(31)21-17(15-9-10-15)5-3-6-18(21)26/h3-8,15-16H,2,9-14H2,1H3. The van der Waals surface area contributed by atoms with Gasteiger partial charge in [0, 0.05) is 13.1 Å². The van der Waals surface area contributed by atoms with Crippen molar-refractivity contribution in [1.29, 1.82) is 0 Å². The lowest BCUT2D eigenvalue weighted by Crippen LogP contribution is -2.37. The summed E-state index contributed by atoms with van der Waals surface area (Å²) < 4.78 is 21.4. The highest BCUT2D eigenvalue weighted by molar-refractivity contribution is 6.34. The molecule has 0 amide bonds. The first-order chi connectivity index (χ1) is 16.0. The van der Waals surface area contributed by atoms with Crippen LogP contribution in [0, 0.1) is 11.7 Å². The van der Waals surface area contributed by atoms with Crippen LogP contribution in [-0.4, -0.2) is 41.4 Å². The molecular formula is C25H25ClFN3O3. The van der Waals surface area contributed by atoms with Crippen LogP contribution >= 0.6 is 11.6 Å². The van der Waals surface area contributed by atoms with Gasteiger partial charge >= 0.3 is 5.97 Å². The molecular weight excluding hydrogens is 445 g/mol. The number of piperidine rings is 1. The van der Waals surface area contributed by atoms with E-state index in [0.717, 1.165) is 18.4 Å². The smallest absolute Gasteiger partial charge is 0.309 e. The number of halogens is 2. The van der Waals surface area contributed by atoms with E-state index in [2.05, 4.69) is 5.10 Å². The molecule has 1 aliphatic heterocycles. The highest BCUT2D eigenvalue weighted by Gasteiger charge is 2.33. The minimum Gasteiger partial charge on any atom is -0.466 e. The maximum atomic E-state index is 15.0. The molecule has 172 valence electrons. The fourth-order valence-corrected chi connectivity index (χ4v) is 4.94. The minimum atomic E-state index is -0.435. The molecule has 2 aliphatic rings. The monoisotopic (exact) mass is 469 g/mol. The topological polar surface area (TPSA) is 64.4 Å². The number of rotatable bonds is 5. The highest BCUT2D eigenvalue weighted by Crippen LogP contribution is 2.43. The molecule has 0 bridgehead atoms. The summed E-state index contributed by atoms with van der Waals surface area (Å²) in [5, 5.41) is 5.28. The van der Waals surface area contributed by atoms with Gasteiger partial charge < -0.3 is 9.64 Å². The lowest BCUT2D eigenvalue weighted by Gasteiger charge is -2.31. The number of aromatic nitrogens is 2. The normalized spacial score (nSPS) is 16.9. The van der Waals surface area contributed by atoms with Crippen LogP contribution in [0.15, 0.2) is 36.4 Å². The molecule has 0 radical (unpaired) electrons. The maximum absolute atomic E-state index is 15.0. The molecule has 1 aliphatic carbocycles. The molecule has 0 N–H and O–H groups in total. The summed E-state index contributed by atoms with van der Waals surface area (Å²) in [4.78, 5) is 27.7. The van der Waals surface area contributed by atoms with E-state index in [4.69, 9.17) is 16.3 Å². The van der Waals surface area contributed by atoms with Gasteiger partial charge in [-0.05, 0) is 62.3 Å². The van der Waals surface area contributed by atoms with Crippen LogP contribution in [0.25, 0.3) is 10.9 Å². The molecule has 2 heterocycles.